The lowest BCUT2D eigenvalue weighted by atomic mass is 10.1. The summed E-state index contributed by atoms with van der Waals surface area (Å²) in [6.07, 6.45) is 2.28. The maximum atomic E-state index is 13.5. The Hall–Kier alpha value is -1.33. The summed E-state index contributed by atoms with van der Waals surface area (Å²) in [6.45, 7) is 1.94. The van der Waals surface area contributed by atoms with Gasteiger partial charge in [-0.15, -0.1) is 0 Å². The van der Waals surface area contributed by atoms with Gasteiger partial charge in [0.05, 0.1) is 12.1 Å². The van der Waals surface area contributed by atoms with E-state index in [-0.39, 0.29) is 17.9 Å². The molecular weight excluding hydrogens is 262 g/mol. The Labute approximate surface area is 118 Å². The van der Waals surface area contributed by atoms with Gasteiger partial charge in [0, 0.05) is 12.6 Å². The second-order valence-electron chi connectivity index (χ2n) is 5.52. The summed E-state index contributed by atoms with van der Waals surface area (Å²) in [4.78, 5) is 16.2. The molecule has 1 aliphatic heterocycles. The van der Waals surface area contributed by atoms with Gasteiger partial charge in [-0.3, -0.25) is 9.69 Å². The van der Waals surface area contributed by atoms with Crippen LogP contribution in [0.4, 0.5) is 8.78 Å². The van der Waals surface area contributed by atoms with Crippen LogP contribution < -0.4 is 0 Å². The SMILES string of the molecule is CN(CC(=O)c1cc(F)ccc1F)CC1CCCN1C. The van der Waals surface area contributed by atoms with Crippen LogP contribution in [0.15, 0.2) is 18.2 Å². The highest BCUT2D eigenvalue weighted by Gasteiger charge is 2.23. The number of carbonyl (C=O) groups excluding carboxylic acids is 1. The molecule has 1 aromatic carbocycles. The van der Waals surface area contributed by atoms with Gasteiger partial charge in [-0.1, -0.05) is 0 Å². The number of likely N-dealkylation sites (N-methyl/N-ethyl adjacent to an activating group) is 2. The molecule has 0 saturated carbocycles. The molecule has 0 spiro atoms. The van der Waals surface area contributed by atoms with E-state index in [4.69, 9.17) is 0 Å². The van der Waals surface area contributed by atoms with Crippen LogP contribution in [0.25, 0.3) is 0 Å². The number of likely N-dealkylation sites (tertiary alicyclic amines) is 1. The molecule has 1 atom stereocenters. The van der Waals surface area contributed by atoms with Gasteiger partial charge >= 0.3 is 0 Å². The molecule has 1 aliphatic rings. The van der Waals surface area contributed by atoms with Gasteiger partial charge < -0.3 is 4.90 Å². The molecule has 0 radical (unpaired) electrons. The van der Waals surface area contributed by atoms with Gasteiger partial charge in [0.25, 0.3) is 0 Å². The van der Waals surface area contributed by atoms with Crippen molar-refractivity contribution in [2.45, 2.75) is 18.9 Å². The number of Topliss-reactive ketones (excluding diaryl/α,β-unsaturated/α-hetero) is 1. The number of hydrogen-bond donors (Lipinski definition) is 0. The number of halogens is 2. The molecule has 0 N–H and O–H groups in total. The van der Waals surface area contributed by atoms with Crippen LogP contribution in [0.3, 0.4) is 0 Å². The van der Waals surface area contributed by atoms with Crippen molar-refractivity contribution in [1.29, 1.82) is 0 Å². The van der Waals surface area contributed by atoms with E-state index < -0.39 is 11.6 Å². The summed E-state index contributed by atoms with van der Waals surface area (Å²) in [5.41, 5.74) is -0.170. The zero-order chi connectivity index (χ0) is 14.7. The Balaban J connectivity index is 1.95. The van der Waals surface area contributed by atoms with E-state index >= 15 is 0 Å². The lowest BCUT2D eigenvalue weighted by Gasteiger charge is -2.25. The summed E-state index contributed by atoms with van der Waals surface area (Å²) in [7, 11) is 3.90. The maximum absolute atomic E-state index is 13.5. The first-order valence-electron chi connectivity index (χ1n) is 6.84. The monoisotopic (exact) mass is 282 g/mol. The van der Waals surface area contributed by atoms with Gasteiger partial charge in [-0.05, 0) is 51.7 Å². The Kier molecular flexibility index (Phi) is 4.83. The maximum Gasteiger partial charge on any atom is 0.179 e. The van der Waals surface area contributed by atoms with E-state index in [0.717, 1.165) is 37.7 Å². The average molecular weight is 282 g/mol. The fourth-order valence-electron chi connectivity index (χ4n) is 2.68. The molecule has 1 aromatic rings. The molecular formula is C15H20F2N2O. The molecule has 1 fully saturated rings. The Morgan fingerprint density at radius 3 is 2.85 bits per heavy atom. The summed E-state index contributed by atoms with van der Waals surface area (Å²) >= 11 is 0. The molecule has 0 aliphatic carbocycles. The molecule has 20 heavy (non-hydrogen) atoms. The summed E-state index contributed by atoms with van der Waals surface area (Å²) in [5.74, 6) is -1.64. The smallest absolute Gasteiger partial charge is 0.179 e. The highest BCUT2D eigenvalue weighted by atomic mass is 19.1. The minimum atomic E-state index is -0.664. The van der Waals surface area contributed by atoms with Crippen molar-refractivity contribution in [3.63, 3.8) is 0 Å². The second-order valence-corrected chi connectivity index (χ2v) is 5.52. The third-order valence-electron chi connectivity index (χ3n) is 3.84. The molecule has 1 unspecified atom stereocenters. The predicted molar refractivity (Wildman–Crippen MR) is 73.8 cm³/mol. The molecule has 1 saturated heterocycles. The Morgan fingerprint density at radius 2 is 2.20 bits per heavy atom. The Morgan fingerprint density at radius 1 is 1.45 bits per heavy atom. The minimum absolute atomic E-state index is 0.102. The number of nitrogens with zero attached hydrogens (tertiary/aromatic N) is 2. The van der Waals surface area contributed by atoms with E-state index in [0.29, 0.717) is 6.04 Å². The first-order valence-corrected chi connectivity index (χ1v) is 6.84. The van der Waals surface area contributed by atoms with Crippen molar-refractivity contribution in [2.24, 2.45) is 0 Å². The van der Waals surface area contributed by atoms with Crippen molar-refractivity contribution in [2.75, 3.05) is 33.7 Å². The quantitative estimate of drug-likeness (QED) is 0.773. The fourth-order valence-corrected chi connectivity index (χ4v) is 2.68. The van der Waals surface area contributed by atoms with Gasteiger partial charge in [0.1, 0.15) is 11.6 Å². The van der Waals surface area contributed by atoms with Crippen LogP contribution in [0.5, 0.6) is 0 Å². The third-order valence-corrected chi connectivity index (χ3v) is 3.84. The van der Waals surface area contributed by atoms with E-state index in [2.05, 4.69) is 11.9 Å². The average Bonchev–Trinajstić information content (AvgIpc) is 2.77. The van der Waals surface area contributed by atoms with Crippen LogP contribution in [-0.4, -0.2) is 55.4 Å². The predicted octanol–water partition coefficient (Wildman–Crippen LogP) is 2.17. The van der Waals surface area contributed by atoms with Crippen molar-refractivity contribution >= 4 is 5.78 Å². The molecule has 0 amide bonds. The van der Waals surface area contributed by atoms with Crippen LogP contribution in [-0.2, 0) is 0 Å². The number of benzene rings is 1. The highest BCUT2D eigenvalue weighted by molar-refractivity contribution is 5.97. The van der Waals surface area contributed by atoms with Gasteiger partial charge in [0.2, 0.25) is 0 Å². The molecule has 1 heterocycles. The van der Waals surface area contributed by atoms with E-state index in [1.54, 1.807) is 0 Å². The number of rotatable bonds is 5. The van der Waals surface area contributed by atoms with Crippen molar-refractivity contribution in [1.82, 2.24) is 9.80 Å². The summed E-state index contributed by atoms with van der Waals surface area (Å²) in [6, 6.07) is 3.41. The Bertz CT molecular complexity index is 493. The topological polar surface area (TPSA) is 23.6 Å². The lowest BCUT2D eigenvalue weighted by Crippen LogP contribution is -2.38. The fraction of sp³-hybridized carbons (Fsp3) is 0.533. The zero-order valence-corrected chi connectivity index (χ0v) is 11.9. The van der Waals surface area contributed by atoms with Crippen LogP contribution >= 0.6 is 0 Å². The van der Waals surface area contributed by atoms with Crippen molar-refractivity contribution in [3.8, 4) is 0 Å². The van der Waals surface area contributed by atoms with E-state index in [1.807, 2.05) is 11.9 Å². The summed E-state index contributed by atoms with van der Waals surface area (Å²) in [5, 5.41) is 0. The van der Waals surface area contributed by atoms with E-state index in [9.17, 15) is 13.6 Å². The first kappa shape index (κ1) is 15.1. The molecule has 0 aromatic heterocycles. The van der Waals surface area contributed by atoms with Crippen LogP contribution in [0.2, 0.25) is 0 Å². The number of hydrogen-bond acceptors (Lipinski definition) is 3. The van der Waals surface area contributed by atoms with Crippen molar-refractivity contribution in [3.05, 3.63) is 35.4 Å². The van der Waals surface area contributed by atoms with Crippen LogP contribution in [0.1, 0.15) is 23.2 Å². The lowest BCUT2D eigenvalue weighted by molar-refractivity contribution is 0.0928. The second kappa shape index (κ2) is 6.41. The van der Waals surface area contributed by atoms with Gasteiger partial charge in [-0.25, -0.2) is 8.78 Å². The molecule has 3 nitrogen and oxygen atoms in total. The van der Waals surface area contributed by atoms with Gasteiger partial charge in [-0.2, -0.15) is 0 Å². The zero-order valence-electron chi connectivity index (χ0n) is 11.9. The van der Waals surface area contributed by atoms with Gasteiger partial charge in [0.15, 0.2) is 5.78 Å². The third kappa shape index (κ3) is 3.61. The molecule has 5 heteroatoms. The molecule has 2 rings (SSSR count). The summed E-state index contributed by atoms with van der Waals surface area (Å²) < 4.78 is 26.6. The number of carbonyl (C=O) groups is 1. The largest absolute Gasteiger partial charge is 0.302 e. The highest BCUT2D eigenvalue weighted by Crippen LogP contribution is 2.16. The number of ketones is 1. The van der Waals surface area contributed by atoms with Crippen LogP contribution in [0, 0.1) is 11.6 Å². The normalized spacial score (nSPS) is 19.8. The minimum Gasteiger partial charge on any atom is -0.302 e. The standard InChI is InChI=1S/C15H20F2N2O/c1-18(9-12-4-3-7-19(12)2)10-15(20)13-8-11(16)5-6-14(13)17/h5-6,8,12H,3-4,7,9-10H2,1-2H3. The molecule has 0 bridgehead atoms. The first-order chi connectivity index (χ1) is 9.47. The van der Waals surface area contributed by atoms with Crippen molar-refractivity contribution < 1.29 is 13.6 Å². The van der Waals surface area contributed by atoms with E-state index in [1.165, 1.54) is 6.42 Å². The molecule has 110 valence electrons.